The zero-order valence-electron chi connectivity index (χ0n) is 20.4. The number of ether oxygens (including phenoxy) is 1. The van der Waals surface area contributed by atoms with E-state index in [0.29, 0.717) is 12.3 Å². The molecule has 9 heteroatoms. The Morgan fingerprint density at radius 1 is 1.34 bits per heavy atom. The summed E-state index contributed by atoms with van der Waals surface area (Å²) in [5.41, 5.74) is 10.8. The number of pyridine rings is 1. The van der Waals surface area contributed by atoms with Crippen LogP contribution in [0.25, 0.3) is 26.9 Å². The number of aromatic nitrogens is 1. The number of hydrogen-bond donors (Lipinski definition) is 1. The van der Waals surface area contributed by atoms with Crippen LogP contribution in [0.4, 0.5) is 5.69 Å². The second-order valence-electron chi connectivity index (χ2n) is 8.79. The van der Waals surface area contributed by atoms with Gasteiger partial charge in [0.1, 0.15) is 15.6 Å². The third-order valence-electron chi connectivity index (χ3n) is 5.96. The third kappa shape index (κ3) is 5.69. The fourth-order valence-electron chi connectivity index (χ4n) is 3.70. The quantitative estimate of drug-likeness (QED) is 0.333. The molecule has 1 unspecified atom stereocenters. The molecule has 0 radical (unpaired) electrons. The zero-order valence-corrected chi connectivity index (χ0v) is 22.0. The highest BCUT2D eigenvalue weighted by atomic mass is 32.2. The van der Waals surface area contributed by atoms with Crippen LogP contribution >= 0.6 is 11.3 Å². The highest BCUT2D eigenvalue weighted by Gasteiger charge is 2.29. The summed E-state index contributed by atoms with van der Waals surface area (Å²) >= 11 is 1.44. The van der Waals surface area contributed by atoms with E-state index in [1.165, 1.54) is 11.3 Å². The number of nitrogens with two attached hydrogens (primary N) is 1. The van der Waals surface area contributed by atoms with Crippen LogP contribution in [0.15, 0.2) is 56.8 Å². The Kier molecular flexibility index (Phi) is 8.10. The van der Waals surface area contributed by atoms with Crippen molar-refractivity contribution < 1.29 is 8.95 Å². The molecule has 0 spiro atoms. The molecule has 184 valence electrons. The average Bonchev–Trinajstić information content (AvgIpc) is 3.16. The predicted octanol–water partition coefficient (Wildman–Crippen LogP) is 5.20. The van der Waals surface area contributed by atoms with Crippen molar-refractivity contribution in [2.75, 3.05) is 33.0 Å². The van der Waals surface area contributed by atoms with Gasteiger partial charge in [0.25, 0.3) is 0 Å². The Morgan fingerprint density at radius 2 is 2.09 bits per heavy atom. The molecular formula is C26H31N5O2S2. The van der Waals surface area contributed by atoms with E-state index in [2.05, 4.69) is 16.7 Å². The van der Waals surface area contributed by atoms with E-state index in [1.807, 2.05) is 62.3 Å². The van der Waals surface area contributed by atoms with Crippen molar-refractivity contribution in [1.82, 2.24) is 9.88 Å². The number of allylic oxidation sites excluding steroid dienone is 1. The molecule has 1 aromatic carbocycles. The van der Waals surface area contributed by atoms with Gasteiger partial charge in [0.2, 0.25) is 0 Å². The van der Waals surface area contributed by atoms with Crippen molar-refractivity contribution in [3.05, 3.63) is 48.3 Å². The lowest BCUT2D eigenvalue weighted by Crippen LogP contribution is -2.23. The Morgan fingerprint density at radius 3 is 2.71 bits per heavy atom. The fourth-order valence-corrected chi connectivity index (χ4v) is 6.91. The molecule has 1 atom stereocenters. The van der Waals surface area contributed by atoms with E-state index in [0.717, 1.165) is 62.6 Å². The minimum absolute atomic E-state index is 0.193. The summed E-state index contributed by atoms with van der Waals surface area (Å²) in [7, 11) is 2.84. The second-order valence-corrected chi connectivity index (χ2v) is 11.7. The zero-order chi connectivity index (χ0) is 24.9. The Hall–Kier alpha value is -2.88. The van der Waals surface area contributed by atoms with Crippen LogP contribution in [0.3, 0.4) is 0 Å². The van der Waals surface area contributed by atoms with Crippen molar-refractivity contribution in [3.63, 3.8) is 0 Å². The lowest BCUT2D eigenvalue weighted by molar-refractivity contribution is 0.249. The Balaban J connectivity index is 1.75. The molecule has 2 aromatic heterocycles. The number of nitrogens with zero attached hydrogens (tertiary/aromatic N) is 4. The first-order chi connectivity index (χ1) is 16.9. The van der Waals surface area contributed by atoms with Gasteiger partial charge in [-0.05, 0) is 63.3 Å². The van der Waals surface area contributed by atoms with E-state index in [-0.39, 0.29) is 11.3 Å². The first kappa shape index (κ1) is 25.2. The van der Waals surface area contributed by atoms with Gasteiger partial charge < -0.3 is 15.4 Å². The summed E-state index contributed by atoms with van der Waals surface area (Å²) in [6.07, 6.45) is 4.79. The summed E-state index contributed by atoms with van der Waals surface area (Å²) < 4.78 is 19.5. The standard InChI is InChI=1S/C26H31N5O2S2/c1-17(16-29-26(28-2)33-14-13-31(3)4)21-15-20(18-9-6-5-7-10-18)22-23(27)25(34-24(22)30-21)35(32)19-11-8-12-19/h5-7,9-10,15-16,19H,2,8,11-14,27H2,1,3-4H3/b17-16+,29-26?. The maximum atomic E-state index is 13.2. The number of aliphatic imine (C=N–C) groups is 2. The van der Waals surface area contributed by atoms with Gasteiger partial charge in [0, 0.05) is 23.4 Å². The first-order valence-electron chi connectivity index (χ1n) is 11.6. The summed E-state index contributed by atoms with van der Waals surface area (Å²) in [4.78, 5) is 15.9. The molecule has 35 heavy (non-hydrogen) atoms. The van der Waals surface area contributed by atoms with Crippen LogP contribution in [0.1, 0.15) is 31.9 Å². The summed E-state index contributed by atoms with van der Waals surface area (Å²) in [5, 5.41) is 1.06. The first-order valence-corrected chi connectivity index (χ1v) is 13.6. The maximum Gasteiger partial charge on any atom is 0.315 e. The Labute approximate surface area is 212 Å². The van der Waals surface area contributed by atoms with Crippen molar-refractivity contribution in [2.24, 2.45) is 9.98 Å². The lowest BCUT2D eigenvalue weighted by Gasteiger charge is -2.23. The van der Waals surface area contributed by atoms with E-state index < -0.39 is 10.8 Å². The largest absolute Gasteiger partial charge is 0.462 e. The maximum absolute atomic E-state index is 13.2. The molecule has 1 fully saturated rings. The van der Waals surface area contributed by atoms with Crippen molar-refractivity contribution in [1.29, 1.82) is 0 Å². The van der Waals surface area contributed by atoms with E-state index in [4.69, 9.17) is 15.5 Å². The number of likely N-dealkylation sites (N-methyl/N-ethyl adjacent to an activating group) is 1. The Bertz CT molecular complexity index is 1290. The van der Waals surface area contributed by atoms with Gasteiger partial charge >= 0.3 is 6.02 Å². The fraction of sp³-hybridized carbons (Fsp3) is 0.346. The van der Waals surface area contributed by atoms with Gasteiger partial charge in [-0.25, -0.2) is 15.0 Å². The van der Waals surface area contributed by atoms with E-state index in [1.54, 1.807) is 6.20 Å². The van der Waals surface area contributed by atoms with Crippen LogP contribution in [-0.4, -0.2) is 59.3 Å². The molecule has 0 bridgehead atoms. The number of nitrogen functional groups attached to an aromatic ring is 1. The SMILES string of the molecule is C=NC(=N/C=C(\C)c1cc(-c2ccccc2)c2c(N)c(S(=O)C3CCC3)sc2n1)OCCN(C)C. The number of amidine groups is 1. The van der Waals surface area contributed by atoms with Crippen LogP contribution in [-0.2, 0) is 15.5 Å². The van der Waals surface area contributed by atoms with Gasteiger partial charge in [0.05, 0.1) is 22.2 Å². The molecule has 3 aromatic rings. The number of benzene rings is 1. The van der Waals surface area contributed by atoms with Gasteiger partial charge in [-0.1, -0.05) is 36.8 Å². The number of fused-ring (bicyclic) bond motifs is 1. The number of hydrogen-bond acceptors (Lipinski definition) is 7. The lowest BCUT2D eigenvalue weighted by atomic mass is 10.00. The number of thiophene rings is 1. The van der Waals surface area contributed by atoms with Gasteiger partial charge in [-0.3, -0.25) is 4.21 Å². The molecule has 2 N–H and O–H groups in total. The van der Waals surface area contributed by atoms with Crippen molar-refractivity contribution in [3.8, 4) is 11.1 Å². The topological polar surface area (TPSA) is 93.2 Å². The predicted molar refractivity (Wildman–Crippen MR) is 149 cm³/mol. The monoisotopic (exact) mass is 509 g/mol. The van der Waals surface area contributed by atoms with Crippen LogP contribution < -0.4 is 5.73 Å². The molecule has 4 rings (SSSR count). The van der Waals surface area contributed by atoms with Crippen molar-refractivity contribution >= 4 is 56.4 Å². The van der Waals surface area contributed by atoms with Gasteiger partial charge in [-0.2, -0.15) is 0 Å². The smallest absolute Gasteiger partial charge is 0.315 e. The molecule has 7 nitrogen and oxygen atoms in total. The van der Waals surface area contributed by atoms with Gasteiger partial charge in [-0.15, -0.1) is 11.3 Å². The van der Waals surface area contributed by atoms with Crippen LogP contribution in [0, 0.1) is 0 Å². The molecule has 1 aliphatic rings. The summed E-state index contributed by atoms with van der Waals surface area (Å²) in [6, 6.07) is 12.3. The highest BCUT2D eigenvalue weighted by molar-refractivity contribution is 7.88. The van der Waals surface area contributed by atoms with Crippen LogP contribution in [0.2, 0.25) is 0 Å². The number of anilines is 1. The molecule has 0 amide bonds. The third-order valence-corrected chi connectivity index (χ3v) is 9.26. The summed E-state index contributed by atoms with van der Waals surface area (Å²) in [5.74, 6) is 0. The molecule has 2 heterocycles. The van der Waals surface area contributed by atoms with E-state index >= 15 is 0 Å². The van der Waals surface area contributed by atoms with Gasteiger partial charge in [0.15, 0.2) is 0 Å². The average molecular weight is 510 g/mol. The molecule has 1 aliphatic carbocycles. The normalized spacial score (nSPS) is 15.9. The van der Waals surface area contributed by atoms with Crippen LogP contribution in [0.5, 0.6) is 0 Å². The summed E-state index contributed by atoms with van der Waals surface area (Å²) in [6.45, 7) is 6.71. The van der Waals surface area contributed by atoms with Crippen molar-refractivity contribution in [2.45, 2.75) is 35.6 Å². The second kappa shape index (κ2) is 11.2. The molecule has 0 aliphatic heterocycles. The molecule has 1 saturated carbocycles. The minimum atomic E-state index is -1.11. The minimum Gasteiger partial charge on any atom is -0.462 e. The number of rotatable bonds is 8. The van der Waals surface area contributed by atoms with E-state index in [9.17, 15) is 4.21 Å². The molecular weight excluding hydrogens is 478 g/mol. The molecule has 0 saturated heterocycles. The highest BCUT2D eigenvalue weighted by Crippen LogP contribution is 2.44.